The summed E-state index contributed by atoms with van der Waals surface area (Å²) in [7, 11) is 0. The number of furan rings is 1. The van der Waals surface area contributed by atoms with Gasteiger partial charge in [-0.1, -0.05) is 0 Å². The van der Waals surface area contributed by atoms with E-state index in [4.69, 9.17) is 9.15 Å². The van der Waals surface area contributed by atoms with Crippen molar-refractivity contribution >= 4 is 32.8 Å². The molecule has 0 atom stereocenters. The molecular weight excluding hydrogens is 374 g/mol. The van der Waals surface area contributed by atoms with E-state index >= 15 is 0 Å². The van der Waals surface area contributed by atoms with Crippen molar-refractivity contribution in [1.82, 2.24) is 5.32 Å². The van der Waals surface area contributed by atoms with Gasteiger partial charge >= 0.3 is 0 Å². The molecule has 1 saturated carbocycles. The SMILES string of the molecule is CC(C)Oc1cc(C(=O)NC2CCC(O)CC2)cc2oc(Br)cc12. The largest absolute Gasteiger partial charge is 0.490 e. The van der Waals surface area contributed by atoms with Crippen molar-refractivity contribution in [3.8, 4) is 5.75 Å². The van der Waals surface area contributed by atoms with Crippen LogP contribution in [0.2, 0.25) is 0 Å². The van der Waals surface area contributed by atoms with Crippen LogP contribution in [0.25, 0.3) is 11.0 Å². The van der Waals surface area contributed by atoms with E-state index in [2.05, 4.69) is 21.2 Å². The minimum absolute atomic E-state index is 0.0000174. The number of benzene rings is 1. The fraction of sp³-hybridized carbons (Fsp3) is 0.500. The molecule has 0 bridgehead atoms. The van der Waals surface area contributed by atoms with Crippen LogP contribution in [-0.2, 0) is 0 Å². The summed E-state index contributed by atoms with van der Waals surface area (Å²) < 4.78 is 12.1. The molecule has 1 heterocycles. The fourth-order valence-electron chi connectivity index (χ4n) is 3.05. The molecule has 1 aromatic heterocycles. The van der Waals surface area contributed by atoms with E-state index < -0.39 is 0 Å². The lowest BCUT2D eigenvalue weighted by Gasteiger charge is -2.26. The summed E-state index contributed by atoms with van der Waals surface area (Å²) in [6.45, 7) is 3.89. The highest BCUT2D eigenvalue weighted by atomic mass is 79.9. The van der Waals surface area contributed by atoms with Crippen LogP contribution in [0.15, 0.2) is 27.3 Å². The van der Waals surface area contributed by atoms with Gasteiger partial charge in [0, 0.05) is 17.7 Å². The molecule has 2 aromatic rings. The van der Waals surface area contributed by atoms with E-state index in [-0.39, 0.29) is 24.2 Å². The lowest BCUT2D eigenvalue weighted by Crippen LogP contribution is -2.38. The molecule has 0 radical (unpaired) electrons. The summed E-state index contributed by atoms with van der Waals surface area (Å²) in [6, 6.07) is 5.45. The van der Waals surface area contributed by atoms with Crippen LogP contribution in [0.1, 0.15) is 49.9 Å². The number of hydrogen-bond donors (Lipinski definition) is 2. The van der Waals surface area contributed by atoms with E-state index in [9.17, 15) is 9.90 Å². The third-order valence-electron chi connectivity index (χ3n) is 4.23. The predicted octanol–water partition coefficient (Wildman–Crippen LogP) is 4.02. The Morgan fingerprint density at radius 2 is 2.00 bits per heavy atom. The maximum atomic E-state index is 12.6. The average Bonchev–Trinajstić information content (AvgIpc) is 2.89. The first-order valence-electron chi connectivity index (χ1n) is 8.31. The summed E-state index contributed by atoms with van der Waals surface area (Å²) in [5.74, 6) is 0.501. The van der Waals surface area contributed by atoms with E-state index in [1.54, 1.807) is 12.1 Å². The minimum Gasteiger partial charge on any atom is -0.490 e. The van der Waals surface area contributed by atoms with Gasteiger partial charge in [0.2, 0.25) is 0 Å². The van der Waals surface area contributed by atoms with Crippen LogP contribution < -0.4 is 10.1 Å². The minimum atomic E-state index is -0.235. The van der Waals surface area contributed by atoms with Crippen molar-refractivity contribution in [2.75, 3.05) is 0 Å². The molecule has 5 nitrogen and oxygen atoms in total. The number of hydrogen-bond acceptors (Lipinski definition) is 4. The fourth-order valence-corrected chi connectivity index (χ4v) is 3.45. The van der Waals surface area contributed by atoms with Crippen LogP contribution in [0.5, 0.6) is 5.75 Å². The zero-order valence-electron chi connectivity index (χ0n) is 13.8. The van der Waals surface area contributed by atoms with Gasteiger partial charge in [0.05, 0.1) is 17.6 Å². The van der Waals surface area contributed by atoms with Gasteiger partial charge in [-0.3, -0.25) is 4.79 Å². The van der Waals surface area contributed by atoms with Crippen LogP contribution >= 0.6 is 15.9 Å². The first-order chi connectivity index (χ1) is 11.4. The Kier molecular flexibility index (Phi) is 5.15. The van der Waals surface area contributed by atoms with E-state index in [1.165, 1.54) is 0 Å². The van der Waals surface area contributed by atoms with Crippen molar-refractivity contribution in [3.05, 3.63) is 28.4 Å². The smallest absolute Gasteiger partial charge is 0.251 e. The summed E-state index contributed by atoms with van der Waals surface area (Å²) >= 11 is 3.33. The maximum absolute atomic E-state index is 12.6. The van der Waals surface area contributed by atoms with Gasteiger partial charge in [0.25, 0.3) is 5.91 Å². The Hall–Kier alpha value is -1.53. The number of aliphatic hydroxyl groups excluding tert-OH is 1. The van der Waals surface area contributed by atoms with E-state index in [0.717, 1.165) is 31.1 Å². The molecule has 0 aliphatic heterocycles. The maximum Gasteiger partial charge on any atom is 0.251 e. The zero-order valence-corrected chi connectivity index (χ0v) is 15.4. The Balaban J connectivity index is 1.84. The summed E-state index contributed by atoms with van der Waals surface area (Å²) in [5.41, 5.74) is 1.13. The summed E-state index contributed by atoms with van der Waals surface area (Å²) in [5, 5.41) is 13.5. The van der Waals surface area contributed by atoms with Gasteiger partial charge in [-0.25, -0.2) is 0 Å². The number of nitrogens with one attached hydrogen (secondary N) is 1. The third-order valence-corrected chi connectivity index (χ3v) is 4.62. The molecule has 3 rings (SSSR count). The van der Waals surface area contributed by atoms with E-state index in [0.29, 0.717) is 21.6 Å². The number of aliphatic hydroxyl groups is 1. The van der Waals surface area contributed by atoms with Crippen LogP contribution in [0, 0.1) is 0 Å². The third kappa shape index (κ3) is 3.92. The van der Waals surface area contributed by atoms with Crippen molar-refractivity contribution in [3.63, 3.8) is 0 Å². The van der Waals surface area contributed by atoms with Crippen molar-refractivity contribution in [1.29, 1.82) is 0 Å². The molecular formula is C18H22BrNO4. The normalized spacial score (nSPS) is 21.2. The van der Waals surface area contributed by atoms with Gasteiger partial charge in [-0.05, 0) is 67.6 Å². The first kappa shape index (κ1) is 17.3. The lowest BCUT2D eigenvalue weighted by molar-refractivity contribution is 0.0867. The highest BCUT2D eigenvalue weighted by Gasteiger charge is 2.22. The Morgan fingerprint density at radius 3 is 2.67 bits per heavy atom. The van der Waals surface area contributed by atoms with Gasteiger partial charge < -0.3 is 19.6 Å². The number of carbonyl (C=O) groups excluding carboxylic acids is 1. The Bertz CT molecular complexity index is 732. The van der Waals surface area contributed by atoms with Crippen LogP contribution in [0.4, 0.5) is 0 Å². The van der Waals surface area contributed by atoms with E-state index in [1.807, 2.05) is 19.9 Å². The molecule has 130 valence electrons. The molecule has 0 spiro atoms. The number of rotatable bonds is 4. The molecule has 0 unspecified atom stereocenters. The molecule has 2 N–H and O–H groups in total. The molecule has 24 heavy (non-hydrogen) atoms. The first-order valence-corrected chi connectivity index (χ1v) is 9.10. The molecule has 1 aliphatic carbocycles. The van der Waals surface area contributed by atoms with Crippen molar-refractivity contribution in [2.45, 2.75) is 57.8 Å². The van der Waals surface area contributed by atoms with Gasteiger partial charge in [-0.15, -0.1) is 0 Å². The molecule has 6 heteroatoms. The topological polar surface area (TPSA) is 71.7 Å². The summed E-state index contributed by atoms with van der Waals surface area (Å²) in [4.78, 5) is 12.6. The second kappa shape index (κ2) is 7.15. The van der Waals surface area contributed by atoms with Crippen molar-refractivity contribution in [2.24, 2.45) is 0 Å². The monoisotopic (exact) mass is 395 g/mol. The number of fused-ring (bicyclic) bond motifs is 1. The molecule has 1 aromatic carbocycles. The van der Waals surface area contributed by atoms with Crippen LogP contribution in [-0.4, -0.2) is 29.3 Å². The van der Waals surface area contributed by atoms with Gasteiger partial charge in [0.1, 0.15) is 11.3 Å². The predicted molar refractivity (Wildman–Crippen MR) is 95.4 cm³/mol. The van der Waals surface area contributed by atoms with Crippen LogP contribution in [0.3, 0.4) is 0 Å². The summed E-state index contributed by atoms with van der Waals surface area (Å²) in [6.07, 6.45) is 2.84. The second-order valence-corrected chi connectivity index (χ2v) is 7.36. The number of halogens is 1. The molecule has 1 fully saturated rings. The molecule has 0 saturated heterocycles. The second-order valence-electron chi connectivity index (χ2n) is 6.58. The quantitative estimate of drug-likeness (QED) is 0.819. The standard InChI is InChI=1S/C18H22BrNO4/c1-10(2)23-15-7-11(8-16-14(15)9-17(19)24-16)18(22)20-12-3-5-13(21)6-4-12/h7-10,12-13,21H,3-6H2,1-2H3,(H,20,22). The number of amides is 1. The highest BCUT2D eigenvalue weighted by molar-refractivity contribution is 9.10. The van der Waals surface area contributed by atoms with Crippen molar-refractivity contribution < 1.29 is 19.1 Å². The lowest BCUT2D eigenvalue weighted by atomic mass is 9.93. The number of ether oxygens (including phenoxy) is 1. The van der Waals surface area contributed by atoms with Gasteiger partial charge in [-0.2, -0.15) is 0 Å². The highest BCUT2D eigenvalue weighted by Crippen LogP contribution is 2.33. The molecule has 1 amide bonds. The Morgan fingerprint density at radius 1 is 1.29 bits per heavy atom. The Labute approximate surface area is 149 Å². The van der Waals surface area contributed by atoms with Gasteiger partial charge in [0.15, 0.2) is 4.67 Å². The average molecular weight is 396 g/mol. The molecule has 1 aliphatic rings. The zero-order chi connectivity index (χ0) is 17.3. The number of carbonyl (C=O) groups is 1.